The van der Waals surface area contributed by atoms with Gasteiger partial charge in [-0.2, -0.15) is 13.2 Å². The smallest absolute Gasteiger partial charge is 0.394 e. The summed E-state index contributed by atoms with van der Waals surface area (Å²) in [5.74, 6) is -0.569. The minimum absolute atomic E-state index is 0.0569. The van der Waals surface area contributed by atoms with Gasteiger partial charge in [-0.15, -0.1) is 0 Å². The zero-order valence-electron chi connectivity index (χ0n) is 22.4. The second kappa shape index (κ2) is 11.6. The van der Waals surface area contributed by atoms with Gasteiger partial charge in [0.1, 0.15) is 23.6 Å². The van der Waals surface area contributed by atoms with E-state index in [2.05, 4.69) is 32.9 Å². The summed E-state index contributed by atoms with van der Waals surface area (Å²) in [6.07, 6.45) is 1.67. The van der Waals surface area contributed by atoms with E-state index in [4.69, 9.17) is 4.63 Å². The molecular weight excluding hydrogens is 547 g/mol. The number of carbonyl (C=O) groups excluding carboxylic acids is 3. The van der Waals surface area contributed by atoms with Gasteiger partial charge in [0.15, 0.2) is 5.69 Å². The highest BCUT2D eigenvalue weighted by Crippen LogP contribution is 2.40. The second-order valence-corrected chi connectivity index (χ2v) is 11.1. The maximum Gasteiger partial charge on any atom is 0.410 e. The number of nitrogens with one attached hydrogen (secondary N) is 3. The first-order chi connectivity index (χ1) is 19.5. The molecule has 3 fully saturated rings. The molecule has 222 valence electrons. The molecule has 0 aromatic carbocycles. The van der Waals surface area contributed by atoms with Crippen molar-refractivity contribution >= 4 is 23.7 Å². The Labute approximate surface area is 233 Å². The number of alkyl halides is 3. The van der Waals surface area contributed by atoms with Crippen LogP contribution in [0.4, 0.5) is 23.8 Å². The first-order valence-corrected chi connectivity index (χ1v) is 13.7. The largest absolute Gasteiger partial charge is 0.410 e. The van der Waals surface area contributed by atoms with E-state index in [9.17, 15) is 32.7 Å². The third-order valence-corrected chi connectivity index (χ3v) is 8.10. The second-order valence-electron chi connectivity index (χ2n) is 11.1. The van der Waals surface area contributed by atoms with Crippen molar-refractivity contribution in [2.45, 2.75) is 75.7 Å². The minimum Gasteiger partial charge on any atom is -0.394 e. The maximum absolute atomic E-state index is 13.6. The van der Waals surface area contributed by atoms with Gasteiger partial charge in [0.25, 0.3) is 5.91 Å². The van der Waals surface area contributed by atoms with Gasteiger partial charge in [-0.1, -0.05) is 24.9 Å². The zero-order valence-corrected chi connectivity index (χ0v) is 22.4. The standard InChI is InChI=1S/C26H32F3N7O5/c1-13-2-4-15(5-3-13)21(33-24(39)22-20(14-6-7-14)34-41-35-22)23(38)32-19-10-16(8-9-30-19)17(12-37)36-11-18(26(27,28)29)31-25(36)40/h8-10,13-15,17-18,21,37H,2-7,11-12H2,1H3,(H,31,40)(H,33,39)(H,30,32,38)/t13?,15?,17-,18-,21-/m0/s1. The molecule has 5 rings (SSSR count). The number of hydrogen-bond acceptors (Lipinski definition) is 8. The number of urea groups is 1. The highest BCUT2D eigenvalue weighted by molar-refractivity contribution is 6.00. The van der Waals surface area contributed by atoms with E-state index < -0.39 is 55.3 Å². The van der Waals surface area contributed by atoms with Crippen LogP contribution in [-0.4, -0.2) is 74.6 Å². The zero-order chi connectivity index (χ0) is 29.3. The molecule has 2 aliphatic carbocycles. The Hall–Kier alpha value is -3.75. The lowest BCUT2D eigenvalue weighted by molar-refractivity contribution is -0.150. The van der Waals surface area contributed by atoms with Gasteiger partial charge >= 0.3 is 12.2 Å². The van der Waals surface area contributed by atoms with E-state index in [1.165, 1.54) is 18.3 Å². The Balaban J connectivity index is 1.33. The molecule has 1 saturated heterocycles. The predicted octanol–water partition coefficient (Wildman–Crippen LogP) is 2.89. The summed E-state index contributed by atoms with van der Waals surface area (Å²) in [4.78, 5) is 44.1. The van der Waals surface area contributed by atoms with Crippen molar-refractivity contribution in [1.82, 2.24) is 30.8 Å². The lowest BCUT2D eigenvalue weighted by atomic mass is 9.79. The summed E-state index contributed by atoms with van der Waals surface area (Å²) >= 11 is 0. The third-order valence-electron chi connectivity index (χ3n) is 8.10. The average molecular weight is 580 g/mol. The van der Waals surface area contributed by atoms with E-state index in [-0.39, 0.29) is 28.9 Å². The van der Waals surface area contributed by atoms with Crippen LogP contribution in [0.5, 0.6) is 0 Å². The summed E-state index contributed by atoms with van der Waals surface area (Å²) in [5, 5.41) is 25.0. The van der Waals surface area contributed by atoms with E-state index in [0.717, 1.165) is 43.4 Å². The van der Waals surface area contributed by atoms with Crippen molar-refractivity contribution in [3.63, 3.8) is 0 Å². The van der Waals surface area contributed by atoms with Gasteiger partial charge in [0, 0.05) is 12.1 Å². The van der Waals surface area contributed by atoms with Crippen LogP contribution in [0.15, 0.2) is 23.0 Å². The topological polar surface area (TPSA) is 163 Å². The summed E-state index contributed by atoms with van der Waals surface area (Å²) in [7, 11) is 0. The van der Waals surface area contributed by atoms with E-state index >= 15 is 0 Å². The Kier molecular flexibility index (Phi) is 8.16. The predicted molar refractivity (Wildman–Crippen MR) is 136 cm³/mol. The van der Waals surface area contributed by atoms with Crippen LogP contribution in [0.25, 0.3) is 0 Å². The number of rotatable bonds is 9. The number of nitrogens with zero attached hydrogens (tertiary/aromatic N) is 4. The van der Waals surface area contributed by atoms with Crippen molar-refractivity contribution in [2.24, 2.45) is 11.8 Å². The number of pyridine rings is 1. The molecule has 3 heterocycles. The van der Waals surface area contributed by atoms with Gasteiger partial charge in [-0.05, 0) is 60.4 Å². The van der Waals surface area contributed by atoms with Crippen LogP contribution in [0.1, 0.15) is 79.2 Å². The molecule has 2 saturated carbocycles. The number of aliphatic hydroxyl groups excluding tert-OH is 1. The van der Waals surface area contributed by atoms with Crippen LogP contribution in [0.2, 0.25) is 0 Å². The quantitative estimate of drug-likeness (QED) is 0.353. The van der Waals surface area contributed by atoms with Crippen LogP contribution in [0, 0.1) is 11.8 Å². The number of halogens is 3. The molecule has 4 amide bonds. The highest BCUT2D eigenvalue weighted by Gasteiger charge is 2.48. The molecular formula is C26H32F3N7O5. The number of amides is 4. The monoisotopic (exact) mass is 579 g/mol. The molecule has 12 nitrogen and oxygen atoms in total. The molecule has 3 atom stereocenters. The van der Waals surface area contributed by atoms with Crippen molar-refractivity contribution in [3.8, 4) is 0 Å². The fourth-order valence-corrected chi connectivity index (χ4v) is 5.53. The molecule has 4 N–H and O–H groups in total. The number of aliphatic hydroxyl groups is 1. The number of carbonyl (C=O) groups is 3. The lowest BCUT2D eigenvalue weighted by Gasteiger charge is -2.32. The Morgan fingerprint density at radius 2 is 1.93 bits per heavy atom. The molecule has 0 unspecified atom stereocenters. The summed E-state index contributed by atoms with van der Waals surface area (Å²) in [6, 6.07) is -2.21. The molecule has 3 aliphatic rings. The molecule has 0 spiro atoms. The number of anilines is 1. The normalized spacial score (nSPS) is 24.5. The van der Waals surface area contributed by atoms with Gasteiger partial charge < -0.3 is 26.0 Å². The van der Waals surface area contributed by atoms with Gasteiger partial charge in [-0.25, -0.2) is 14.4 Å². The minimum atomic E-state index is -4.64. The van der Waals surface area contributed by atoms with Gasteiger partial charge in [0.05, 0.1) is 19.2 Å². The molecule has 41 heavy (non-hydrogen) atoms. The van der Waals surface area contributed by atoms with Gasteiger partial charge in [-0.3, -0.25) is 9.59 Å². The Bertz CT molecular complexity index is 1280. The van der Waals surface area contributed by atoms with Crippen LogP contribution < -0.4 is 16.0 Å². The van der Waals surface area contributed by atoms with Crippen LogP contribution in [-0.2, 0) is 4.79 Å². The molecule has 1 aliphatic heterocycles. The highest BCUT2D eigenvalue weighted by atomic mass is 19.4. The fourth-order valence-electron chi connectivity index (χ4n) is 5.53. The van der Waals surface area contributed by atoms with Crippen LogP contribution >= 0.6 is 0 Å². The SMILES string of the molecule is CC1CCC([C@H](NC(=O)c2nonc2C2CC2)C(=O)Nc2cc([C@H](CO)N3C[C@@H](C(F)(F)F)NC3=O)ccn2)CC1. The molecule has 2 aromatic heterocycles. The van der Waals surface area contributed by atoms with Crippen molar-refractivity contribution in [3.05, 3.63) is 35.3 Å². The molecule has 0 radical (unpaired) electrons. The Morgan fingerprint density at radius 1 is 1.20 bits per heavy atom. The van der Waals surface area contributed by atoms with E-state index in [1.54, 1.807) is 0 Å². The van der Waals surface area contributed by atoms with Crippen molar-refractivity contribution < 1.29 is 37.3 Å². The first kappa shape index (κ1) is 28.8. The van der Waals surface area contributed by atoms with E-state index in [0.29, 0.717) is 11.6 Å². The Morgan fingerprint density at radius 3 is 2.56 bits per heavy atom. The van der Waals surface area contributed by atoms with E-state index in [1.807, 2.05) is 5.32 Å². The number of hydrogen-bond donors (Lipinski definition) is 4. The maximum atomic E-state index is 13.6. The fraction of sp³-hybridized carbons (Fsp3) is 0.615. The summed E-state index contributed by atoms with van der Waals surface area (Å²) < 4.78 is 44.3. The number of aromatic nitrogens is 3. The molecule has 2 aromatic rings. The average Bonchev–Trinajstić information content (AvgIpc) is 3.52. The molecule has 0 bridgehead atoms. The van der Waals surface area contributed by atoms with Crippen molar-refractivity contribution in [2.75, 3.05) is 18.5 Å². The summed E-state index contributed by atoms with van der Waals surface area (Å²) in [6.45, 7) is 0.812. The van der Waals surface area contributed by atoms with Crippen LogP contribution in [0.3, 0.4) is 0 Å². The molecule has 15 heteroatoms. The summed E-state index contributed by atoms with van der Waals surface area (Å²) in [5.41, 5.74) is 0.814. The first-order valence-electron chi connectivity index (χ1n) is 13.7. The third kappa shape index (κ3) is 6.44. The van der Waals surface area contributed by atoms with Crippen molar-refractivity contribution in [1.29, 1.82) is 0 Å². The lowest BCUT2D eigenvalue weighted by Crippen LogP contribution is -2.49. The van der Waals surface area contributed by atoms with Gasteiger partial charge in [0.2, 0.25) is 5.91 Å².